The third-order valence-electron chi connectivity index (χ3n) is 3.49. The van der Waals surface area contributed by atoms with Gasteiger partial charge in [0.1, 0.15) is 0 Å². The molecule has 0 spiro atoms. The molecule has 3 rings (SSSR count). The number of nitrogens with two attached hydrogens (primary N) is 1. The van der Waals surface area contributed by atoms with E-state index in [0.29, 0.717) is 0 Å². The molecule has 1 heterocycles. The van der Waals surface area contributed by atoms with E-state index in [-0.39, 0.29) is 0 Å². The van der Waals surface area contributed by atoms with Gasteiger partial charge in [0, 0.05) is 34.5 Å². The lowest BCUT2D eigenvalue weighted by molar-refractivity contribution is 0.835. The number of nitrogen functional groups attached to an aromatic ring is 1. The molecule has 1 aliphatic rings. The standard InChI is InChI=1S/C15H15BrN2/c16-13-5-3-6-14(17)12(13)10-18-9-8-11-4-1-2-7-15(11)18/h1-7H,8-10,17H2. The van der Waals surface area contributed by atoms with Crippen molar-refractivity contribution in [1.29, 1.82) is 0 Å². The highest BCUT2D eigenvalue weighted by molar-refractivity contribution is 9.10. The molecule has 3 heteroatoms. The van der Waals surface area contributed by atoms with Crippen molar-refractivity contribution in [3.8, 4) is 0 Å². The summed E-state index contributed by atoms with van der Waals surface area (Å²) in [5.74, 6) is 0. The molecule has 0 unspecified atom stereocenters. The fraction of sp³-hybridized carbons (Fsp3) is 0.200. The molecule has 0 amide bonds. The second-order valence-electron chi connectivity index (χ2n) is 4.61. The average Bonchev–Trinajstić information content (AvgIpc) is 2.77. The number of fused-ring (bicyclic) bond motifs is 1. The van der Waals surface area contributed by atoms with Crippen LogP contribution < -0.4 is 10.6 Å². The summed E-state index contributed by atoms with van der Waals surface area (Å²) < 4.78 is 1.09. The van der Waals surface area contributed by atoms with Crippen LogP contribution in [0.3, 0.4) is 0 Å². The number of halogens is 1. The maximum Gasteiger partial charge on any atom is 0.0461 e. The maximum atomic E-state index is 6.06. The normalized spacial score (nSPS) is 13.7. The van der Waals surface area contributed by atoms with Gasteiger partial charge >= 0.3 is 0 Å². The van der Waals surface area contributed by atoms with Crippen LogP contribution in [0.1, 0.15) is 11.1 Å². The minimum Gasteiger partial charge on any atom is -0.398 e. The van der Waals surface area contributed by atoms with Gasteiger partial charge in [0.2, 0.25) is 0 Å². The van der Waals surface area contributed by atoms with Gasteiger partial charge in [0.25, 0.3) is 0 Å². The SMILES string of the molecule is Nc1cccc(Br)c1CN1CCc2ccccc21. The number of rotatable bonds is 2. The molecule has 2 N–H and O–H groups in total. The van der Waals surface area contributed by atoms with Crippen LogP contribution in [0.4, 0.5) is 11.4 Å². The highest BCUT2D eigenvalue weighted by Gasteiger charge is 2.19. The molecular weight excluding hydrogens is 288 g/mol. The average molecular weight is 303 g/mol. The van der Waals surface area contributed by atoms with E-state index in [4.69, 9.17) is 5.73 Å². The predicted octanol–water partition coefficient (Wildman–Crippen LogP) is 3.59. The Balaban J connectivity index is 1.91. The van der Waals surface area contributed by atoms with E-state index in [2.05, 4.69) is 45.1 Å². The van der Waals surface area contributed by atoms with E-state index in [1.54, 1.807) is 0 Å². The molecule has 0 aromatic heterocycles. The first-order valence-corrected chi connectivity index (χ1v) is 6.91. The molecular formula is C15H15BrN2. The van der Waals surface area contributed by atoms with Gasteiger partial charge in [-0.05, 0) is 30.2 Å². The first-order valence-electron chi connectivity index (χ1n) is 6.11. The number of anilines is 2. The summed E-state index contributed by atoms with van der Waals surface area (Å²) in [6.45, 7) is 1.93. The van der Waals surface area contributed by atoms with Gasteiger partial charge in [-0.3, -0.25) is 0 Å². The fourth-order valence-electron chi connectivity index (χ4n) is 2.50. The van der Waals surface area contributed by atoms with Gasteiger partial charge < -0.3 is 10.6 Å². The Hall–Kier alpha value is -1.48. The Morgan fingerprint density at radius 1 is 1.11 bits per heavy atom. The van der Waals surface area contributed by atoms with Gasteiger partial charge in [-0.2, -0.15) is 0 Å². The molecule has 2 aromatic carbocycles. The van der Waals surface area contributed by atoms with Crippen LogP contribution in [-0.4, -0.2) is 6.54 Å². The van der Waals surface area contributed by atoms with Gasteiger partial charge in [-0.15, -0.1) is 0 Å². The van der Waals surface area contributed by atoms with E-state index in [1.165, 1.54) is 16.8 Å². The van der Waals surface area contributed by atoms with E-state index in [1.807, 2.05) is 18.2 Å². The maximum absolute atomic E-state index is 6.06. The minimum atomic E-state index is 0.855. The lowest BCUT2D eigenvalue weighted by Crippen LogP contribution is -2.20. The molecule has 0 aliphatic carbocycles. The summed E-state index contributed by atoms with van der Waals surface area (Å²) in [5.41, 5.74) is 10.9. The van der Waals surface area contributed by atoms with E-state index >= 15 is 0 Å². The zero-order chi connectivity index (χ0) is 12.5. The number of benzene rings is 2. The quantitative estimate of drug-likeness (QED) is 0.859. The summed E-state index contributed by atoms with van der Waals surface area (Å²) in [6, 6.07) is 14.6. The van der Waals surface area contributed by atoms with Crippen molar-refractivity contribution in [3.05, 3.63) is 58.1 Å². The van der Waals surface area contributed by atoms with Crippen molar-refractivity contribution >= 4 is 27.3 Å². The van der Waals surface area contributed by atoms with Crippen molar-refractivity contribution < 1.29 is 0 Å². The molecule has 0 saturated heterocycles. The Bertz CT molecular complexity index is 560. The lowest BCUT2D eigenvalue weighted by Gasteiger charge is -2.21. The van der Waals surface area contributed by atoms with Gasteiger partial charge in [-0.1, -0.05) is 40.2 Å². The Labute approximate surface area is 116 Å². The predicted molar refractivity (Wildman–Crippen MR) is 79.8 cm³/mol. The van der Waals surface area contributed by atoms with Crippen LogP contribution >= 0.6 is 15.9 Å². The van der Waals surface area contributed by atoms with Crippen molar-refractivity contribution in [2.24, 2.45) is 0 Å². The number of hydrogen-bond donors (Lipinski definition) is 1. The first kappa shape index (κ1) is 11.6. The van der Waals surface area contributed by atoms with E-state index in [0.717, 1.165) is 29.7 Å². The number of hydrogen-bond acceptors (Lipinski definition) is 2. The molecule has 18 heavy (non-hydrogen) atoms. The second-order valence-corrected chi connectivity index (χ2v) is 5.46. The highest BCUT2D eigenvalue weighted by Crippen LogP contribution is 2.32. The van der Waals surface area contributed by atoms with Gasteiger partial charge in [-0.25, -0.2) is 0 Å². The lowest BCUT2D eigenvalue weighted by atomic mass is 10.1. The highest BCUT2D eigenvalue weighted by atomic mass is 79.9. The van der Waals surface area contributed by atoms with Crippen LogP contribution in [0.25, 0.3) is 0 Å². The molecule has 0 bridgehead atoms. The van der Waals surface area contributed by atoms with Crippen LogP contribution in [-0.2, 0) is 13.0 Å². The van der Waals surface area contributed by atoms with Crippen molar-refractivity contribution in [2.45, 2.75) is 13.0 Å². The van der Waals surface area contributed by atoms with Crippen molar-refractivity contribution in [1.82, 2.24) is 0 Å². The van der Waals surface area contributed by atoms with E-state index in [9.17, 15) is 0 Å². The summed E-state index contributed by atoms with van der Waals surface area (Å²) in [5, 5.41) is 0. The third-order valence-corrected chi connectivity index (χ3v) is 4.23. The monoisotopic (exact) mass is 302 g/mol. The topological polar surface area (TPSA) is 29.3 Å². The summed E-state index contributed by atoms with van der Waals surface area (Å²) >= 11 is 3.59. The van der Waals surface area contributed by atoms with Crippen LogP contribution in [0.5, 0.6) is 0 Å². The number of para-hydroxylation sites is 1. The Morgan fingerprint density at radius 3 is 2.78 bits per heavy atom. The molecule has 0 radical (unpaired) electrons. The van der Waals surface area contributed by atoms with Gasteiger partial charge in [0.15, 0.2) is 0 Å². The zero-order valence-corrected chi connectivity index (χ0v) is 11.7. The first-order chi connectivity index (χ1) is 8.75. The summed E-state index contributed by atoms with van der Waals surface area (Å²) in [7, 11) is 0. The molecule has 2 nitrogen and oxygen atoms in total. The molecule has 2 aromatic rings. The largest absolute Gasteiger partial charge is 0.398 e. The second kappa shape index (κ2) is 4.65. The summed E-state index contributed by atoms with van der Waals surface area (Å²) in [6.07, 6.45) is 1.13. The van der Waals surface area contributed by atoms with Crippen molar-refractivity contribution in [3.63, 3.8) is 0 Å². The van der Waals surface area contributed by atoms with Crippen LogP contribution in [0.15, 0.2) is 46.9 Å². The minimum absolute atomic E-state index is 0.855. The van der Waals surface area contributed by atoms with E-state index < -0.39 is 0 Å². The molecule has 1 aliphatic heterocycles. The molecule has 92 valence electrons. The third kappa shape index (κ3) is 1.99. The Kier molecular flexibility index (Phi) is 3.00. The Morgan fingerprint density at radius 2 is 1.94 bits per heavy atom. The van der Waals surface area contributed by atoms with Gasteiger partial charge in [0.05, 0.1) is 0 Å². The summed E-state index contributed by atoms with van der Waals surface area (Å²) in [4.78, 5) is 2.39. The van der Waals surface area contributed by atoms with Crippen LogP contribution in [0, 0.1) is 0 Å². The fourth-order valence-corrected chi connectivity index (χ4v) is 3.01. The van der Waals surface area contributed by atoms with Crippen LogP contribution in [0.2, 0.25) is 0 Å². The smallest absolute Gasteiger partial charge is 0.0461 e. The van der Waals surface area contributed by atoms with Crippen molar-refractivity contribution in [2.75, 3.05) is 17.2 Å². The number of nitrogens with zero attached hydrogens (tertiary/aromatic N) is 1. The molecule has 0 saturated carbocycles. The zero-order valence-electron chi connectivity index (χ0n) is 10.1. The molecule has 0 atom stereocenters. The molecule has 0 fully saturated rings.